The molecule has 0 amide bonds. The number of rotatable bonds is 3. The van der Waals surface area contributed by atoms with Crippen molar-refractivity contribution in [2.24, 2.45) is 0 Å². The van der Waals surface area contributed by atoms with Crippen molar-refractivity contribution in [3.8, 4) is 5.75 Å². The number of ether oxygens (including phenoxy) is 2. The van der Waals surface area contributed by atoms with Crippen LogP contribution in [0.1, 0.15) is 29.4 Å². The molecule has 1 unspecified atom stereocenters. The minimum absolute atomic E-state index is 0.0507. The molecule has 0 aliphatic carbocycles. The van der Waals surface area contributed by atoms with Crippen LogP contribution in [0.2, 0.25) is 5.02 Å². The van der Waals surface area contributed by atoms with Crippen molar-refractivity contribution in [1.29, 1.82) is 0 Å². The van der Waals surface area contributed by atoms with E-state index in [0.29, 0.717) is 12.2 Å². The molecule has 0 saturated carbocycles. The molecule has 22 heavy (non-hydrogen) atoms. The second kappa shape index (κ2) is 6.34. The fourth-order valence-corrected chi connectivity index (χ4v) is 2.53. The summed E-state index contributed by atoms with van der Waals surface area (Å²) in [6, 6.07) is 10.0. The number of aromatic nitrogens is 1. The highest BCUT2D eigenvalue weighted by atomic mass is 35.5. The Hall–Kier alpha value is -2.11. The Balaban J connectivity index is 1.85. The first-order valence-electron chi connectivity index (χ1n) is 6.96. The van der Waals surface area contributed by atoms with Gasteiger partial charge in [0.15, 0.2) is 5.75 Å². The molecular formula is C16H14ClNO4. The maximum absolute atomic E-state index is 12.3. The maximum atomic E-state index is 12.3. The molecule has 5 nitrogen and oxygen atoms in total. The number of esters is 1. The first-order valence-corrected chi connectivity index (χ1v) is 7.34. The van der Waals surface area contributed by atoms with Crippen LogP contribution in [0.25, 0.3) is 0 Å². The molecule has 1 aliphatic heterocycles. The SMILES string of the molecule is O=C(Oc1ccn(C2CCCO2)c(=O)c1Cl)c1ccccc1. The molecular weight excluding hydrogens is 306 g/mol. The second-order valence-corrected chi connectivity index (χ2v) is 5.31. The van der Waals surface area contributed by atoms with Gasteiger partial charge in [-0.25, -0.2) is 4.79 Å². The van der Waals surface area contributed by atoms with Gasteiger partial charge in [0.25, 0.3) is 5.56 Å². The molecule has 1 aliphatic rings. The first-order chi connectivity index (χ1) is 10.7. The predicted molar refractivity (Wildman–Crippen MR) is 81.3 cm³/mol. The molecule has 1 atom stereocenters. The Kier molecular flexibility index (Phi) is 4.27. The zero-order chi connectivity index (χ0) is 15.5. The smallest absolute Gasteiger partial charge is 0.343 e. The van der Waals surface area contributed by atoms with E-state index in [2.05, 4.69) is 0 Å². The van der Waals surface area contributed by atoms with Crippen LogP contribution in [0.5, 0.6) is 5.75 Å². The molecule has 1 aromatic carbocycles. The van der Waals surface area contributed by atoms with Crippen molar-refractivity contribution >= 4 is 17.6 Å². The highest BCUT2D eigenvalue weighted by molar-refractivity contribution is 6.32. The highest BCUT2D eigenvalue weighted by Gasteiger charge is 2.21. The minimum Gasteiger partial charge on any atom is -0.421 e. The molecule has 6 heteroatoms. The van der Waals surface area contributed by atoms with Crippen molar-refractivity contribution < 1.29 is 14.3 Å². The topological polar surface area (TPSA) is 57.5 Å². The number of carbonyl (C=O) groups is 1. The summed E-state index contributed by atoms with van der Waals surface area (Å²) in [6.07, 6.45) is 2.90. The summed E-state index contributed by atoms with van der Waals surface area (Å²) in [5, 5.41) is -0.123. The average Bonchev–Trinajstić information content (AvgIpc) is 3.07. The Morgan fingerprint density at radius 2 is 2.05 bits per heavy atom. The largest absolute Gasteiger partial charge is 0.421 e. The van der Waals surface area contributed by atoms with Crippen LogP contribution < -0.4 is 10.3 Å². The van der Waals surface area contributed by atoms with E-state index in [4.69, 9.17) is 21.1 Å². The van der Waals surface area contributed by atoms with E-state index in [1.807, 2.05) is 0 Å². The summed E-state index contributed by atoms with van der Waals surface area (Å²) in [4.78, 5) is 24.3. The van der Waals surface area contributed by atoms with Gasteiger partial charge in [-0.15, -0.1) is 0 Å². The molecule has 1 aromatic heterocycles. The van der Waals surface area contributed by atoms with Gasteiger partial charge >= 0.3 is 5.97 Å². The van der Waals surface area contributed by atoms with Crippen molar-refractivity contribution in [2.75, 3.05) is 6.61 Å². The number of carbonyl (C=O) groups excluding carboxylic acids is 1. The monoisotopic (exact) mass is 319 g/mol. The first kappa shape index (κ1) is 14.8. The van der Waals surface area contributed by atoms with Crippen LogP contribution in [-0.2, 0) is 4.74 Å². The lowest BCUT2D eigenvalue weighted by molar-refractivity contribution is 0.0536. The van der Waals surface area contributed by atoms with Crippen LogP contribution in [-0.4, -0.2) is 17.1 Å². The van der Waals surface area contributed by atoms with Crippen molar-refractivity contribution in [1.82, 2.24) is 4.57 Å². The zero-order valence-corrected chi connectivity index (χ0v) is 12.5. The molecule has 2 aromatic rings. The quantitative estimate of drug-likeness (QED) is 0.816. The molecule has 3 rings (SSSR count). The number of pyridine rings is 1. The van der Waals surface area contributed by atoms with Gasteiger partial charge in [0.2, 0.25) is 0 Å². The Morgan fingerprint density at radius 3 is 2.73 bits per heavy atom. The Morgan fingerprint density at radius 1 is 1.27 bits per heavy atom. The van der Waals surface area contributed by atoms with E-state index < -0.39 is 11.5 Å². The van der Waals surface area contributed by atoms with Gasteiger partial charge in [-0.05, 0) is 31.0 Å². The van der Waals surface area contributed by atoms with E-state index in [1.165, 1.54) is 16.8 Å². The van der Waals surface area contributed by atoms with Crippen LogP contribution >= 0.6 is 11.6 Å². The molecule has 0 radical (unpaired) electrons. The molecule has 1 fully saturated rings. The fraction of sp³-hybridized carbons (Fsp3) is 0.250. The lowest BCUT2D eigenvalue weighted by Gasteiger charge is -2.14. The number of nitrogens with zero attached hydrogens (tertiary/aromatic N) is 1. The summed E-state index contributed by atoms with van der Waals surface area (Å²) in [5.74, 6) is -0.508. The molecule has 0 bridgehead atoms. The molecule has 1 saturated heterocycles. The Labute approximate surface area is 132 Å². The van der Waals surface area contributed by atoms with Crippen molar-refractivity contribution in [3.63, 3.8) is 0 Å². The zero-order valence-electron chi connectivity index (χ0n) is 11.7. The molecule has 2 heterocycles. The van der Waals surface area contributed by atoms with Gasteiger partial charge in [-0.3, -0.25) is 9.36 Å². The number of hydrogen-bond acceptors (Lipinski definition) is 4. The third-order valence-corrected chi connectivity index (χ3v) is 3.80. The van der Waals surface area contributed by atoms with Crippen LogP contribution in [0.3, 0.4) is 0 Å². The average molecular weight is 320 g/mol. The van der Waals surface area contributed by atoms with Crippen LogP contribution in [0.4, 0.5) is 0 Å². The van der Waals surface area contributed by atoms with Crippen LogP contribution in [0, 0.1) is 0 Å². The number of benzene rings is 1. The normalized spacial score (nSPS) is 17.4. The fourth-order valence-electron chi connectivity index (χ4n) is 2.33. The lowest BCUT2D eigenvalue weighted by Crippen LogP contribution is -2.25. The van der Waals surface area contributed by atoms with Crippen molar-refractivity contribution in [3.05, 3.63) is 63.5 Å². The van der Waals surface area contributed by atoms with E-state index in [1.54, 1.807) is 30.3 Å². The maximum Gasteiger partial charge on any atom is 0.343 e. The lowest BCUT2D eigenvalue weighted by atomic mass is 10.2. The van der Waals surface area contributed by atoms with Crippen LogP contribution in [0.15, 0.2) is 47.4 Å². The molecule has 0 spiro atoms. The van der Waals surface area contributed by atoms with Gasteiger partial charge in [-0.1, -0.05) is 29.8 Å². The van der Waals surface area contributed by atoms with E-state index in [-0.39, 0.29) is 17.0 Å². The molecule has 0 N–H and O–H groups in total. The van der Waals surface area contributed by atoms with Crippen molar-refractivity contribution in [2.45, 2.75) is 19.1 Å². The highest BCUT2D eigenvalue weighted by Crippen LogP contribution is 2.25. The standard InChI is InChI=1S/C16H14ClNO4/c17-14-12(22-16(20)11-5-2-1-3-6-11)8-9-18(15(14)19)13-7-4-10-21-13/h1-3,5-6,8-9,13H,4,7,10H2. The third-order valence-electron chi connectivity index (χ3n) is 3.45. The summed E-state index contributed by atoms with van der Waals surface area (Å²) < 4.78 is 12.1. The van der Waals surface area contributed by atoms with Gasteiger partial charge in [0.05, 0.1) is 5.56 Å². The van der Waals surface area contributed by atoms with Gasteiger partial charge in [0, 0.05) is 12.8 Å². The van der Waals surface area contributed by atoms with E-state index in [0.717, 1.165) is 12.8 Å². The van der Waals surface area contributed by atoms with E-state index in [9.17, 15) is 9.59 Å². The number of hydrogen-bond donors (Lipinski definition) is 0. The summed E-state index contributed by atoms with van der Waals surface area (Å²) >= 11 is 6.04. The minimum atomic E-state index is -0.559. The summed E-state index contributed by atoms with van der Waals surface area (Å²) in [7, 11) is 0. The third kappa shape index (κ3) is 2.91. The van der Waals surface area contributed by atoms with Gasteiger partial charge in [0.1, 0.15) is 11.3 Å². The number of halogens is 1. The predicted octanol–water partition coefficient (Wildman–Crippen LogP) is 3.03. The molecule has 114 valence electrons. The Bertz CT molecular complexity index is 736. The van der Waals surface area contributed by atoms with E-state index >= 15 is 0 Å². The summed E-state index contributed by atoms with van der Waals surface area (Å²) in [6.45, 7) is 0.624. The second-order valence-electron chi connectivity index (χ2n) is 4.93. The summed E-state index contributed by atoms with van der Waals surface area (Å²) in [5.41, 5.74) is -0.0335. The van der Waals surface area contributed by atoms with Gasteiger partial charge < -0.3 is 9.47 Å². The van der Waals surface area contributed by atoms with Gasteiger partial charge in [-0.2, -0.15) is 0 Å².